The summed E-state index contributed by atoms with van der Waals surface area (Å²) in [6.45, 7) is 2.15. The van der Waals surface area contributed by atoms with E-state index in [4.69, 9.17) is 22.7 Å². The Hall–Kier alpha value is -1.25. The van der Waals surface area contributed by atoms with Gasteiger partial charge in [-0.2, -0.15) is 10.5 Å². The highest BCUT2D eigenvalue weighted by atomic mass is 32.2. The minimum atomic E-state index is 0.143. The van der Waals surface area contributed by atoms with Crippen molar-refractivity contribution < 1.29 is 0 Å². The van der Waals surface area contributed by atoms with Crippen LogP contribution in [0.25, 0.3) is 0 Å². The van der Waals surface area contributed by atoms with Crippen molar-refractivity contribution in [1.82, 2.24) is 4.57 Å². The second-order valence-corrected chi connectivity index (χ2v) is 9.02. The van der Waals surface area contributed by atoms with Gasteiger partial charge >= 0.3 is 0 Å². The van der Waals surface area contributed by atoms with Crippen molar-refractivity contribution in [3.63, 3.8) is 0 Å². The van der Waals surface area contributed by atoms with Gasteiger partial charge in [-0.05, 0) is 24.7 Å². The fraction of sp³-hybridized carbons (Fsp3) is 0.353. The molecule has 1 atom stereocenters. The van der Waals surface area contributed by atoms with E-state index in [-0.39, 0.29) is 6.04 Å². The molecule has 0 N–H and O–H groups in total. The molecule has 0 radical (unpaired) electrons. The quantitative estimate of drug-likeness (QED) is 0.318. The molecule has 0 saturated heterocycles. The topological polar surface area (TPSA) is 52.5 Å². The molecule has 24 heavy (non-hydrogen) atoms. The highest BCUT2D eigenvalue weighted by Gasteiger charge is 2.19. The van der Waals surface area contributed by atoms with Crippen LogP contribution >= 0.6 is 47.1 Å². The molecular formula is C17H17N3S4. The molecule has 0 bridgehead atoms. The van der Waals surface area contributed by atoms with Crippen LogP contribution in [-0.4, -0.2) is 16.1 Å². The van der Waals surface area contributed by atoms with E-state index in [0.717, 1.165) is 24.7 Å². The molecule has 0 saturated carbocycles. The number of nitriles is 2. The normalized spacial score (nSPS) is 11.6. The first-order chi connectivity index (χ1) is 11.7. The summed E-state index contributed by atoms with van der Waals surface area (Å²) >= 11 is 10.6. The molecule has 0 spiro atoms. The summed E-state index contributed by atoms with van der Waals surface area (Å²) in [7, 11) is 0. The third-order valence-electron chi connectivity index (χ3n) is 3.34. The molecule has 0 aliphatic rings. The lowest BCUT2D eigenvalue weighted by atomic mass is 10.1. The second-order valence-electron chi connectivity index (χ2n) is 4.93. The summed E-state index contributed by atoms with van der Waals surface area (Å²) in [6, 6.07) is 14.8. The maximum atomic E-state index is 8.82. The molecule has 2 rings (SSSR count). The van der Waals surface area contributed by atoms with Crippen LogP contribution in [-0.2, 0) is 0 Å². The lowest BCUT2D eigenvalue weighted by Crippen LogP contribution is -2.08. The molecule has 0 fully saturated rings. The SMILES string of the molecule is C[C@H](c1ccccc1)n1c(SCCC#N)c(SCCC#N)sc1=S. The summed E-state index contributed by atoms with van der Waals surface area (Å²) in [5.74, 6) is 1.51. The van der Waals surface area contributed by atoms with Crippen LogP contribution in [0.2, 0.25) is 0 Å². The predicted octanol–water partition coefficient (Wildman–Crippen LogP) is 5.90. The third kappa shape index (κ3) is 4.87. The molecule has 0 aliphatic carbocycles. The molecule has 124 valence electrons. The maximum Gasteiger partial charge on any atom is 0.163 e. The average molecular weight is 392 g/mol. The number of thioether (sulfide) groups is 2. The second kappa shape index (κ2) is 9.90. The Balaban J connectivity index is 2.36. The number of hydrogen-bond donors (Lipinski definition) is 0. The van der Waals surface area contributed by atoms with Gasteiger partial charge < -0.3 is 4.57 Å². The first-order valence-electron chi connectivity index (χ1n) is 7.48. The van der Waals surface area contributed by atoms with Crippen LogP contribution in [0.1, 0.15) is 31.4 Å². The van der Waals surface area contributed by atoms with Gasteiger partial charge in [0.2, 0.25) is 0 Å². The Bertz CT molecular complexity index is 796. The molecular weight excluding hydrogens is 374 g/mol. The minimum Gasteiger partial charge on any atom is -0.310 e. The Kier molecular flexibility index (Phi) is 7.87. The zero-order valence-corrected chi connectivity index (χ0v) is 16.5. The Morgan fingerprint density at radius 2 is 1.75 bits per heavy atom. The van der Waals surface area contributed by atoms with Crippen LogP contribution in [0.5, 0.6) is 0 Å². The molecule has 1 aromatic heterocycles. The molecule has 3 nitrogen and oxygen atoms in total. The fourth-order valence-electron chi connectivity index (χ4n) is 2.17. The van der Waals surface area contributed by atoms with Crippen LogP contribution < -0.4 is 0 Å². The predicted molar refractivity (Wildman–Crippen MR) is 105 cm³/mol. The van der Waals surface area contributed by atoms with Gasteiger partial charge in [-0.15, -0.1) is 23.5 Å². The van der Waals surface area contributed by atoms with Crippen molar-refractivity contribution in [2.45, 2.75) is 35.0 Å². The van der Waals surface area contributed by atoms with Gasteiger partial charge in [-0.1, -0.05) is 41.7 Å². The van der Waals surface area contributed by atoms with Gasteiger partial charge in [-0.25, -0.2) is 0 Å². The molecule has 7 heteroatoms. The van der Waals surface area contributed by atoms with Crippen LogP contribution in [0.15, 0.2) is 39.6 Å². The summed E-state index contributed by atoms with van der Waals surface area (Å²) in [6.07, 6.45) is 1.03. The van der Waals surface area contributed by atoms with Crippen molar-refractivity contribution in [2.75, 3.05) is 11.5 Å². The smallest absolute Gasteiger partial charge is 0.163 e. The molecule has 0 unspecified atom stereocenters. The minimum absolute atomic E-state index is 0.143. The largest absolute Gasteiger partial charge is 0.310 e. The summed E-state index contributed by atoms with van der Waals surface area (Å²) < 4.78 is 4.18. The third-order valence-corrected chi connectivity index (χ3v) is 7.34. The van der Waals surface area contributed by atoms with Crippen LogP contribution in [0.4, 0.5) is 0 Å². The Labute approximate surface area is 160 Å². The van der Waals surface area contributed by atoms with E-state index in [2.05, 4.69) is 35.8 Å². The summed E-state index contributed by atoms with van der Waals surface area (Å²) in [4.78, 5) is 0. The lowest BCUT2D eigenvalue weighted by Gasteiger charge is -2.17. The number of hydrogen-bond acceptors (Lipinski definition) is 6. The molecule has 2 aromatic rings. The summed E-state index contributed by atoms with van der Waals surface area (Å²) in [5, 5.41) is 18.7. The summed E-state index contributed by atoms with van der Waals surface area (Å²) in [5.41, 5.74) is 1.21. The zero-order valence-electron chi connectivity index (χ0n) is 13.3. The number of benzene rings is 1. The molecule has 1 heterocycles. The lowest BCUT2D eigenvalue weighted by molar-refractivity contribution is 0.583. The number of rotatable bonds is 8. The van der Waals surface area contributed by atoms with E-state index in [1.54, 1.807) is 34.9 Å². The van der Waals surface area contributed by atoms with E-state index in [1.165, 1.54) is 5.56 Å². The maximum absolute atomic E-state index is 8.82. The Morgan fingerprint density at radius 1 is 1.12 bits per heavy atom. The fourth-order valence-corrected chi connectivity index (χ4v) is 6.51. The van der Waals surface area contributed by atoms with Crippen molar-refractivity contribution in [2.24, 2.45) is 0 Å². The van der Waals surface area contributed by atoms with E-state index < -0.39 is 0 Å². The number of aromatic nitrogens is 1. The molecule has 0 amide bonds. The van der Waals surface area contributed by atoms with Gasteiger partial charge in [0.05, 0.1) is 22.4 Å². The van der Waals surface area contributed by atoms with E-state index in [0.29, 0.717) is 12.8 Å². The van der Waals surface area contributed by atoms with E-state index in [1.807, 2.05) is 18.2 Å². The van der Waals surface area contributed by atoms with Gasteiger partial charge in [-0.3, -0.25) is 0 Å². The number of nitrogens with zero attached hydrogens (tertiary/aromatic N) is 3. The van der Waals surface area contributed by atoms with E-state index in [9.17, 15) is 0 Å². The first kappa shape index (κ1) is 19.1. The highest BCUT2D eigenvalue weighted by Crippen LogP contribution is 2.40. The molecule has 1 aromatic carbocycles. The van der Waals surface area contributed by atoms with Crippen molar-refractivity contribution in [3.05, 3.63) is 39.8 Å². The van der Waals surface area contributed by atoms with E-state index >= 15 is 0 Å². The van der Waals surface area contributed by atoms with Gasteiger partial charge in [0.25, 0.3) is 0 Å². The Morgan fingerprint density at radius 3 is 2.38 bits per heavy atom. The van der Waals surface area contributed by atoms with Crippen LogP contribution in [0.3, 0.4) is 0 Å². The standard InChI is InChI=1S/C17H17N3S4/c1-13(14-7-3-2-4-8-14)20-15(22-11-5-9-18)16(24-17(20)21)23-12-6-10-19/h2-4,7-8,13H,5-6,11-12H2,1H3/t13-/m1/s1. The first-order valence-corrected chi connectivity index (χ1v) is 10.7. The van der Waals surface area contributed by atoms with Crippen molar-refractivity contribution >= 4 is 47.1 Å². The van der Waals surface area contributed by atoms with Crippen molar-refractivity contribution in [1.29, 1.82) is 10.5 Å². The zero-order chi connectivity index (χ0) is 17.4. The number of thiazole rings is 1. The highest BCUT2D eigenvalue weighted by molar-refractivity contribution is 8.03. The van der Waals surface area contributed by atoms with Gasteiger partial charge in [0, 0.05) is 24.3 Å². The average Bonchev–Trinajstić information content (AvgIpc) is 2.91. The van der Waals surface area contributed by atoms with Crippen LogP contribution in [0, 0.1) is 26.6 Å². The monoisotopic (exact) mass is 391 g/mol. The van der Waals surface area contributed by atoms with Gasteiger partial charge in [0.15, 0.2) is 3.95 Å². The van der Waals surface area contributed by atoms with Crippen molar-refractivity contribution in [3.8, 4) is 12.1 Å². The molecule has 0 aliphatic heterocycles. The van der Waals surface area contributed by atoms with Gasteiger partial charge in [0.1, 0.15) is 5.03 Å².